The van der Waals surface area contributed by atoms with Crippen LogP contribution in [0.25, 0.3) is 0 Å². The Morgan fingerprint density at radius 1 is 1.50 bits per heavy atom. The molecule has 0 atom stereocenters. The maximum atomic E-state index is 4.30. The zero-order chi connectivity index (χ0) is 11.5. The molecule has 0 bridgehead atoms. The molecule has 0 saturated carbocycles. The standard InChI is InChI=1S/C11H13BrN4/c1-8-9(7-16(2)15-8)5-14-11-3-4-13-6-10(11)12/h3-4,6-7H,5H2,1-2H3,(H,13,14). The summed E-state index contributed by atoms with van der Waals surface area (Å²) in [6.07, 6.45) is 5.57. The third-order valence-electron chi connectivity index (χ3n) is 2.36. The van der Waals surface area contributed by atoms with Crippen LogP contribution in [0.3, 0.4) is 0 Å². The predicted molar refractivity (Wildman–Crippen MR) is 67.2 cm³/mol. The highest BCUT2D eigenvalue weighted by Gasteiger charge is 2.03. The fourth-order valence-corrected chi connectivity index (χ4v) is 1.92. The van der Waals surface area contributed by atoms with Crippen LogP contribution in [0.2, 0.25) is 0 Å². The Bertz CT molecular complexity index is 492. The minimum Gasteiger partial charge on any atom is -0.380 e. The number of rotatable bonds is 3. The summed E-state index contributed by atoms with van der Waals surface area (Å²) in [6, 6.07) is 1.94. The van der Waals surface area contributed by atoms with E-state index in [1.165, 1.54) is 5.56 Å². The second kappa shape index (κ2) is 4.65. The fourth-order valence-electron chi connectivity index (χ4n) is 1.53. The van der Waals surface area contributed by atoms with Crippen molar-refractivity contribution in [2.45, 2.75) is 13.5 Å². The largest absolute Gasteiger partial charge is 0.380 e. The normalized spacial score (nSPS) is 10.4. The Morgan fingerprint density at radius 3 is 2.94 bits per heavy atom. The second-order valence-corrected chi connectivity index (χ2v) is 4.48. The number of aromatic nitrogens is 3. The molecule has 0 radical (unpaired) electrons. The molecule has 0 fully saturated rings. The molecule has 5 heteroatoms. The molecule has 0 aliphatic carbocycles. The van der Waals surface area contributed by atoms with Crippen LogP contribution >= 0.6 is 15.9 Å². The highest BCUT2D eigenvalue weighted by Crippen LogP contribution is 2.20. The summed E-state index contributed by atoms with van der Waals surface area (Å²) in [5, 5.41) is 7.64. The fraction of sp³-hybridized carbons (Fsp3) is 0.273. The first kappa shape index (κ1) is 11.1. The van der Waals surface area contributed by atoms with Crippen molar-refractivity contribution in [3.63, 3.8) is 0 Å². The van der Waals surface area contributed by atoms with E-state index in [0.717, 1.165) is 22.4 Å². The van der Waals surface area contributed by atoms with Gasteiger partial charge in [0.15, 0.2) is 0 Å². The molecule has 2 aromatic heterocycles. The molecule has 2 heterocycles. The molecule has 84 valence electrons. The SMILES string of the molecule is Cc1nn(C)cc1CNc1ccncc1Br. The van der Waals surface area contributed by atoms with Crippen LogP contribution in [0.15, 0.2) is 29.1 Å². The molecular formula is C11H13BrN4. The molecule has 16 heavy (non-hydrogen) atoms. The average molecular weight is 281 g/mol. The van der Waals surface area contributed by atoms with Crippen molar-refractivity contribution in [3.05, 3.63) is 40.4 Å². The van der Waals surface area contributed by atoms with Crippen LogP contribution in [-0.2, 0) is 13.6 Å². The molecule has 0 unspecified atom stereocenters. The Hall–Kier alpha value is -1.36. The van der Waals surface area contributed by atoms with E-state index in [2.05, 4.69) is 31.3 Å². The van der Waals surface area contributed by atoms with E-state index >= 15 is 0 Å². The van der Waals surface area contributed by atoms with Crippen LogP contribution in [-0.4, -0.2) is 14.8 Å². The Morgan fingerprint density at radius 2 is 2.31 bits per heavy atom. The van der Waals surface area contributed by atoms with E-state index in [4.69, 9.17) is 0 Å². The Labute approximate surface area is 103 Å². The minimum atomic E-state index is 0.766. The number of aryl methyl sites for hydroxylation is 2. The maximum Gasteiger partial charge on any atom is 0.0643 e. The molecule has 2 aromatic rings. The summed E-state index contributed by atoms with van der Waals surface area (Å²) in [6.45, 7) is 2.78. The van der Waals surface area contributed by atoms with Gasteiger partial charge in [0.05, 0.1) is 15.9 Å². The smallest absolute Gasteiger partial charge is 0.0643 e. The Balaban J connectivity index is 2.08. The summed E-state index contributed by atoms with van der Waals surface area (Å²) in [7, 11) is 1.93. The summed E-state index contributed by atoms with van der Waals surface area (Å²) < 4.78 is 2.80. The van der Waals surface area contributed by atoms with Gasteiger partial charge in [0.25, 0.3) is 0 Å². The van der Waals surface area contributed by atoms with E-state index in [0.29, 0.717) is 0 Å². The molecule has 0 aromatic carbocycles. The van der Waals surface area contributed by atoms with Crippen LogP contribution in [0.1, 0.15) is 11.3 Å². The van der Waals surface area contributed by atoms with Crippen molar-refractivity contribution in [3.8, 4) is 0 Å². The summed E-state index contributed by atoms with van der Waals surface area (Å²) in [4.78, 5) is 4.02. The van der Waals surface area contributed by atoms with Crippen LogP contribution in [0.4, 0.5) is 5.69 Å². The van der Waals surface area contributed by atoms with Crippen LogP contribution < -0.4 is 5.32 Å². The van der Waals surface area contributed by atoms with Gasteiger partial charge in [-0.3, -0.25) is 9.67 Å². The number of nitrogens with zero attached hydrogens (tertiary/aromatic N) is 3. The van der Waals surface area contributed by atoms with E-state index in [1.807, 2.05) is 30.9 Å². The van der Waals surface area contributed by atoms with Crippen molar-refractivity contribution < 1.29 is 0 Å². The number of halogens is 1. The topological polar surface area (TPSA) is 42.7 Å². The second-order valence-electron chi connectivity index (χ2n) is 3.62. The van der Waals surface area contributed by atoms with Gasteiger partial charge in [-0.25, -0.2) is 0 Å². The number of nitrogens with one attached hydrogen (secondary N) is 1. The number of hydrogen-bond donors (Lipinski definition) is 1. The summed E-state index contributed by atoms with van der Waals surface area (Å²) in [5.74, 6) is 0. The van der Waals surface area contributed by atoms with Crippen LogP contribution in [0.5, 0.6) is 0 Å². The van der Waals surface area contributed by atoms with Crippen molar-refractivity contribution in [1.29, 1.82) is 0 Å². The highest BCUT2D eigenvalue weighted by molar-refractivity contribution is 9.10. The molecule has 0 spiro atoms. The van der Waals surface area contributed by atoms with Gasteiger partial charge in [-0.15, -0.1) is 0 Å². The number of anilines is 1. The van der Waals surface area contributed by atoms with Gasteiger partial charge in [0, 0.05) is 37.7 Å². The van der Waals surface area contributed by atoms with Gasteiger partial charge in [-0.2, -0.15) is 5.10 Å². The third-order valence-corrected chi connectivity index (χ3v) is 2.99. The first-order valence-corrected chi connectivity index (χ1v) is 5.78. The first-order chi connectivity index (χ1) is 7.66. The molecular weight excluding hydrogens is 268 g/mol. The number of pyridine rings is 1. The number of hydrogen-bond acceptors (Lipinski definition) is 3. The van der Waals surface area contributed by atoms with Gasteiger partial charge < -0.3 is 5.32 Å². The van der Waals surface area contributed by atoms with Gasteiger partial charge >= 0.3 is 0 Å². The van der Waals surface area contributed by atoms with E-state index in [-0.39, 0.29) is 0 Å². The van der Waals surface area contributed by atoms with E-state index < -0.39 is 0 Å². The zero-order valence-electron chi connectivity index (χ0n) is 9.24. The molecule has 1 N–H and O–H groups in total. The van der Waals surface area contributed by atoms with E-state index in [1.54, 1.807) is 12.4 Å². The van der Waals surface area contributed by atoms with Crippen molar-refractivity contribution in [2.75, 3.05) is 5.32 Å². The molecule has 0 saturated heterocycles. The first-order valence-electron chi connectivity index (χ1n) is 4.99. The molecule has 0 aliphatic rings. The van der Waals surface area contributed by atoms with Crippen molar-refractivity contribution in [2.24, 2.45) is 7.05 Å². The molecule has 4 nitrogen and oxygen atoms in total. The van der Waals surface area contributed by atoms with E-state index in [9.17, 15) is 0 Å². The minimum absolute atomic E-state index is 0.766. The lowest BCUT2D eigenvalue weighted by Crippen LogP contribution is -2.00. The zero-order valence-corrected chi connectivity index (χ0v) is 10.8. The quantitative estimate of drug-likeness (QED) is 0.940. The van der Waals surface area contributed by atoms with Gasteiger partial charge in [0.1, 0.15) is 0 Å². The van der Waals surface area contributed by atoms with Gasteiger partial charge in [-0.1, -0.05) is 0 Å². The molecule has 0 amide bonds. The monoisotopic (exact) mass is 280 g/mol. The lowest BCUT2D eigenvalue weighted by atomic mass is 10.2. The van der Waals surface area contributed by atoms with Crippen molar-refractivity contribution >= 4 is 21.6 Å². The third kappa shape index (κ3) is 2.41. The highest BCUT2D eigenvalue weighted by atomic mass is 79.9. The molecule has 0 aliphatic heterocycles. The lowest BCUT2D eigenvalue weighted by molar-refractivity contribution is 0.756. The average Bonchev–Trinajstić information content (AvgIpc) is 2.56. The van der Waals surface area contributed by atoms with Crippen LogP contribution in [0, 0.1) is 6.92 Å². The lowest BCUT2D eigenvalue weighted by Gasteiger charge is -2.06. The maximum absolute atomic E-state index is 4.30. The summed E-state index contributed by atoms with van der Waals surface area (Å²) in [5.41, 5.74) is 3.30. The predicted octanol–water partition coefficient (Wildman–Crippen LogP) is 2.50. The van der Waals surface area contributed by atoms with Gasteiger partial charge in [-0.05, 0) is 28.9 Å². The van der Waals surface area contributed by atoms with Crippen molar-refractivity contribution in [1.82, 2.24) is 14.8 Å². The summed E-state index contributed by atoms with van der Waals surface area (Å²) >= 11 is 3.45. The van der Waals surface area contributed by atoms with Gasteiger partial charge in [0.2, 0.25) is 0 Å². The Kier molecular flexibility index (Phi) is 3.24. The molecule has 2 rings (SSSR count).